The first-order valence-electron chi connectivity index (χ1n) is 7.82. The molecule has 1 amide bonds. The van der Waals surface area contributed by atoms with Gasteiger partial charge in [0.05, 0.1) is 16.2 Å². The number of nitrogens with one attached hydrogen (secondary N) is 1. The van der Waals surface area contributed by atoms with Crippen molar-refractivity contribution in [3.63, 3.8) is 0 Å². The molecule has 0 radical (unpaired) electrons. The number of carbonyl (C=O) groups excluding carboxylic acids is 1. The van der Waals surface area contributed by atoms with E-state index in [2.05, 4.69) is 16.9 Å². The average molecular weight is 345 g/mol. The number of benzene rings is 1. The van der Waals surface area contributed by atoms with Gasteiger partial charge in [0.25, 0.3) is 5.56 Å². The number of amides is 1. The Hall–Kier alpha value is -2.08. The summed E-state index contributed by atoms with van der Waals surface area (Å²) in [5.41, 5.74) is 0.212. The van der Waals surface area contributed by atoms with Gasteiger partial charge in [0, 0.05) is 12.1 Å². The molecule has 24 heavy (non-hydrogen) atoms. The number of carbonyl (C=O) groups is 1. The molecule has 2 aromatic rings. The molecule has 0 aliphatic rings. The van der Waals surface area contributed by atoms with Crippen LogP contribution in [-0.4, -0.2) is 26.2 Å². The second-order valence-electron chi connectivity index (χ2n) is 6.62. The number of rotatable bonds is 5. The van der Waals surface area contributed by atoms with Crippen LogP contribution in [-0.2, 0) is 11.3 Å². The first-order chi connectivity index (χ1) is 11.2. The molecule has 1 heterocycles. The van der Waals surface area contributed by atoms with Crippen LogP contribution in [0.3, 0.4) is 0 Å². The maximum absolute atomic E-state index is 12.7. The third kappa shape index (κ3) is 4.26. The number of hydrogen-bond acceptors (Lipinski definition) is 4. The largest absolute Gasteiger partial charge is 0.351 e. The van der Waals surface area contributed by atoms with Crippen LogP contribution < -0.4 is 10.9 Å². The van der Waals surface area contributed by atoms with Gasteiger partial charge in [-0.05, 0) is 39.8 Å². The minimum absolute atomic E-state index is 0.0833. The Morgan fingerprint density at radius 1 is 1.42 bits per heavy atom. The summed E-state index contributed by atoms with van der Waals surface area (Å²) >= 11 is 1.28. The molecule has 1 aromatic heterocycles. The number of aromatic nitrogens is 2. The van der Waals surface area contributed by atoms with Gasteiger partial charge in [0.15, 0.2) is 5.16 Å². The number of allylic oxidation sites excluding steroid dienone is 1. The number of thioether (sulfide) groups is 1. The van der Waals surface area contributed by atoms with E-state index in [0.29, 0.717) is 22.6 Å². The van der Waals surface area contributed by atoms with E-state index in [-0.39, 0.29) is 22.3 Å². The highest BCUT2D eigenvalue weighted by Gasteiger charge is 2.22. The molecular formula is C18H23N3O2S. The summed E-state index contributed by atoms with van der Waals surface area (Å²) in [7, 11) is 0. The van der Waals surface area contributed by atoms with E-state index in [4.69, 9.17) is 0 Å². The van der Waals surface area contributed by atoms with Gasteiger partial charge in [0.2, 0.25) is 5.91 Å². The van der Waals surface area contributed by atoms with Gasteiger partial charge < -0.3 is 5.32 Å². The maximum atomic E-state index is 12.7. The lowest BCUT2D eigenvalue weighted by atomic mass is 10.1. The number of nitrogens with zero attached hydrogens (tertiary/aromatic N) is 2. The molecule has 0 saturated carbocycles. The van der Waals surface area contributed by atoms with E-state index in [9.17, 15) is 9.59 Å². The van der Waals surface area contributed by atoms with Crippen LogP contribution in [0.2, 0.25) is 0 Å². The van der Waals surface area contributed by atoms with Crippen LogP contribution >= 0.6 is 11.8 Å². The maximum Gasteiger partial charge on any atom is 0.262 e. The fraction of sp³-hybridized carbons (Fsp3) is 0.389. The van der Waals surface area contributed by atoms with Crippen molar-refractivity contribution in [2.24, 2.45) is 0 Å². The van der Waals surface area contributed by atoms with Crippen LogP contribution in [0.15, 0.2) is 46.9 Å². The molecule has 6 heteroatoms. The average Bonchev–Trinajstić information content (AvgIpc) is 2.49. The SMILES string of the molecule is C=CCn1c(S[C@@H](C)C(=O)NC(C)(C)C)nc2ccccc2c1=O. The van der Waals surface area contributed by atoms with Gasteiger partial charge in [0.1, 0.15) is 0 Å². The van der Waals surface area contributed by atoms with Gasteiger partial charge in [-0.1, -0.05) is 30.0 Å². The van der Waals surface area contributed by atoms with Crippen molar-refractivity contribution in [2.45, 2.75) is 50.2 Å². The van der Waals surface area contributed by atoms with Crippen molar-refractivity contribution in [1.82, 2.24) is 14.9 Å². The number of fused-ring (bicyclic) bond motifs is 1. The predicted molar refractivity (Wildman–Crippen MR) is 99.4 cm³/mol. The van der Waals surface area contributed by atoms with Gasteiger partial charge in [-0.3, -0.25) is 14.2 Å². The topological polar surface area (TPSA) is 64.0 Å². The van der Waals surface area contributed by atoms with E-state index < -0.39 is 0 Å². The summed E-state index contributed by atoms with van der Waals surface area (Å²) in [6.07, 6.45) is 1.65. The van der Waals surface area contributed by atoms with Gasteiger partial charge in [-0.2, -0.15) is 0 Å². The Labute approximate surface area is 146 Å². The number of para-hydroxylation sites is 1. The van der Waals surface area contributed by atoms with Gasteiger partial charge >= 0.3 is 0 Å². The van der Waals surface area contributed by atoms with Crippen LogP contribution in [0.4, 0.5) is 0 Å². The zero-order valence-electron chi connectivity index (χ0n) is 14.5. The van der Waals surface area contributed by atoms with E-state index in [0.717, 1.165) is 0 Å². The van der Waals surface area contributed by atoms with Gasteiger partial charge in [-0.25, -0.2) is 4.98 Å². The Morgan fingerprint density at radius 3 is 2.71 bits per heavy atom. The van der Waals surface area contributed by atoms with Crippen molar-refractivity contribution in [3.8, 4) is 0 Å². The normalized spacial score (nSPS) is 12.8. The van der Waals surface area contributed by atoms with Crippen LogP contribution in [0.25, 0.3) is 10.9 Å². The molecule has 1 atom stereocenters. The molecule has 0 spiro atoms. The fourth-order valence-corrected chi connectivity index (χ4v) is 3.13. The molecule has 1 N–H and O–H groups in total. The van der Waals surface area contributed by atoms with Crippen molar-refractivity contribution < 1.29 is 4.79 Å². The van der Waals surface area contributed by atoms with Crippen molar-refractivity contribution >= 4 is 28.6 Å². The number of hydrogen-bond donors (Lipinski definition) is 1. The quantitative estimate of drug-likeness (QED) is 0.514. The molecule has 0 fully saturated rings. The summed E-state index contributed by atoms with van der Waals surface area (Å²) in [5, 5.41) is 3.67. The molecule has 0 aliphatic carbocycles. The van der Waals surface area contributed by atoms with Crippen LogP contribution in [0, 0.1) is 0 Å². The lowest BCUT2D eigenvalue weighted by Gasteiger charge is -2.23. The molecule has 0 saturated heterocycles. The standard InChI is InChI=1S/C18H23N3O2S/c1-6-11-21-16(23)13-9-7-8-10-14(13)19-17(21)24-12(2)15(22)20-18(3,4)5/h6-10,12H,1,11H2,2-5H3,(H,20,22)/t12-/m0/s1. The molecule has 0 aliphatic heterocycles. The summed E-state index contributed by atoms with van der Waals surface area (Å²) in [6.45, 7) is 11.7. The Balaban J connectivity index is 2.40. The van der Waals surface area contributed by atoms with Crippen molar-refractivity contribution in [2.75, 3.05) is 0 Å². The zero-order valence-corrected chi connectivity index (χ0v) is 15.3. The summed E-state index contributed by atoms with van der Waals surface area (Å²) < 4.78 is 1.56. The third-order valence-corrected chi connectivity index (χ3v) is 4.38. The zero-order chi connectivity index (χ0) is 17.9. The second-order valence-corrected chi connectivity index (χ2v) is 7.92. The van der Waals surface area contributed by atoms with E-state index >= 15 is 0 Å². The lowest BCUT2D eigenvalue weighted by Crippen LogP contribution is -2.44. The Morgan fingerprint density at radius 2 is 2.08 bits per heavy atom. The Kier molecular flexibility index (Phi) is 5.49. The second kappa shape index (κ2) is 7.21. The first-order valence-corrected chi connectivity index (χ1v) is 8.70. The monoisotopic (exact) mass is 345 g/mol. The molecule has 2 rings (SSSR count). The molecule has 128 valence electrons. The first kappa shape index (κ1) is 18.3. The minimum Gasteiger partial charge on any atom is -0.351 e. The van der Waals surface area contributed by atoms with E-state index in [1.54, 1.807) is 22.8 Å². The summed E-state index contributed by atoms with van der Waals surface area (Å²) in [5.74, 6) is -0.0833. The molecule has 5 nitrogen and oxygen atoms in total. The summed E-state index contributed by atoms with van der Waals surface area (Å²) in [6, 6.07) is 7.22. The van der Waals surface area contributed by atoms with Crippen molar-refractivity contribution in [3.05, 3.63) is 47.3 Å². The molecule has 0 unspecified atom stereocenters. The molecule has 1 aromatic carbocycles. The summed E-state index contributed by atoms with van der Waals surface area (Å²) in [4.78, 5) is 29.6. The Bertz CT molecular complexity index is 821. The minimum atomic E-state index is -0.367. The smallest absolute Gasteiger partial charge is 0.262 e. The lowest BCUT2D eigenvalue weighted by molar-refractivity contribution is -0.121. The van der Waals surface area contributed by atoms with Crippen molar-refractivity contribution in [1.29, 1.82) is 0 Å². The highest BCUT2D eigenvalue weighted by Crippen LogP contribution is 2.23. The fourth-order valence-electron chi connectivity index (χ4n) is 2.21. The predicted octanol–water partition coefficient (Wildman–Crippen LogP) is 2.98. The van der Waals surface area contributed by atoms with Gasteiger partial charge in [-0.15, -0.1) is 6.58 Å². The highest BCUT2D eigenvalue weighted by atomic mass is 32.2. The third-order valence-electron chi connectivity index (χ3n) is 3.29. The van der Waals surface area contributed by atoms with E-state index in [1.165, 1.54) is 11.8 Å². The van der Waals surface area contributed by atoms with Crippen LogP contribution in [0.1, 0.15) is 27.7 Å². The van der Waals surface area contributed by atoms with Crippen LogP contribution in [0.5, 0.6) is 0 Å². The highest BCUT2D eigenvalue weighted by molar-refractivity contribution is 8.00. The molecular weight excluding hydrogens is 322 g/mol. The van der Waals surface area contributed by atoms with E-state index in [1.807, 2.05) is 39.8 Å². The molecule has 0 bridgehead atoms.